The van der Waals surface area contributed by atoms with Gasteiger partial charge < -0.3 is 4.90 Å². The van der Waals surface area contributed by atoms with Crippen molar-refractivity contribution in [3.63, 3.8) is 0 Å². The number of fused-ring (bicyclic) bond motifs is 1. The standard InChI is InChI=1S/C23H16F3N3O/c24-23(25,26)20-9-7-18(14-17(20)6-8-19-5-1-2-11-27-19)22(30)29-13-10-16-4-3-12-28-21(16)15-29/h1-5,7,9,11-12,14H,10,13,15H2. The molecular formula is C23H16F3N3O. The molecule has 0 saturated heterocycles. The van der Waals surface area contributed by atoms with E-state index in [0.29, 0.717) is 25.2 Å². The highest BCUT2D eigenvalue weighted by Gasteiger charge is 2.34. The molecule has 1 aromatic carbocycles. The molecule has 0 fully saturated rings. The summed E-state index contributed by atoms with van der Waals surface area (Å²) in [4.78, 5) is 22.8. The zero-order chi connectivity index (χ0) is 21.1. The van der Waals surface area contributed by atoms with Crippen LogP contribution in [0.1, 0.15) is 38.4 Å². The molecule has 3 heterocycles. The Labute approximate surface area is 171 Å². The Morgan fingerprint density at radius 3 is 2.60 bits per heavy atom. The highest BCUT2D eigenvalue weighted by molar-refractivity contribution is 5.95. The van der Waals surface area contributed by atoms with Crippen LogP contribution in [0.15, 0.2) is 60.9 Å². The van der Waals surface area contributed by atoms with E-state index in [1.165, 1.54) is 18.3 Å². The number of carbonyl (C=O) groups excluding carboxylic acids is 1. The third-order valence-electron chi connectivity index (χ3n) is 4.83. The van der Waals surface area contributed by atoms with Crippen molar-refractivity contribution in [1.29, 1.82) is 0 Å². The molecule has 0 bridgehead atoms. The van der Waals surface area contributed by atoms with Gasteiger partial charge in [0.1, 0.15) is 5.69 Å². The topological polar surface area (TPSA) is 46.1 Å². The summed E-state index contributed by atoms with van der Waals surface area (Å²) in [6, 6.07) is 12.1. The minimum Gasteiger partial charge on any atom is -0.332 e. The van der Waals surface area contributed by atoms with E-state index < -0.39 is 11.7 Å². The van der Waals surface area contributed by atoms with E-state index in [1.807, 2.05) is 12.1 Å². The van der Waals surface area contributed by atoms with Gasteiger partial charge in [-0.1, -0.05) is 18.1 Å². The van der Waals surface area contributed by atoms with Crippen LogP contribution in [0.3, 0.4) is 0 Å². The van der Waals surface area contributed by atoms with Crippen molar-refractivity contribution < 1.29 is 18.0 Å². The van der Waals surface area contributed by atoms with Crippen LogP contribution >= 0.6 is 0 Å². The molecule has 1 aliphatic heterocycles. The number of rotatable bonds is 1. The van der Waals surface area contributed by atoms with E-state index in [0.717, 1.165) is 17.3 Å². The van der Waals surface area contributed by atoms with Crippen LogP contribution < -0.4 is 0 Å². The van der Waals surface area contributed by atoms with Crippen molar-refractivity contribution in [3.05, 3.63) is 94.6 Å². The van der Waals surface area contributed by atoms with E-state index in [-0.39, 0.29) is 17.0 Å². The monoisotopic (exact) mass is 407 g/mol. The molecule has 0 spiro atoms. The molecule has 1 amide bonds. The summed E-state index contributed by atoms with van der Waals surface area (Å²) in [5.41, 5.74) is 1.26. The molecule has 30 heavy (non-hydrogen) atoms. The summed E-state index contributed by atoms with van der Waals surface area (Å²) >= 11 is 0. The number of benzene rings is 1. The SMILES string of the molecule is O=C(c1ccc(C(F)(F)F)c(C#Cc2ccccn2)c1)N1CCc2cccnc2C1. The fourth-order valence-corrected chi connectivity index (χ4v) is 3.31. The van der Waals surface area contributed by atoms with Crippen LogP contribution in [0.2, 0.25) is 0 Å². The van der Waals surface area contributed by atoms with Gasteiger partial charge in [0, 0.05) is 30.1 Å². The van der Waals surface area contributed by atoms with Crippen molar-refractivity contribution in [2.75, 3.05) is 6.54 Å². The Balaban J connectivity index is 1.66. The molecule has 1 aliphatic rings. The number of aromatic nitrogens is 2. The first-order chi connectivity index (χ1) is 14.4. The first-order valence-electron chi connectivity index (χ1n) is 9.28. The fraction of sp³-hybridized carbons (Fsp3) is 0.174. The minimum absolute atomic E-state index is 0.160. The van der Waals surface area contributed by atoms with Gasteiger partial charge in [0.15, 0.2) is 0 Å². The van der Waals surface area contributed by atoms with Crippen LogP contribution in [0.5, 0.6) is 0 Å². The van der Waals surface area contributed by atoms with Gasteiger partial charge in [-0.05, 0) is 54.3 Å². The van der Waals surface area contributed by atoms with E-state index >= 15 is 0 Å². The first kappa shape index (κ1) is 19.6. The first-order valence-corrected chi connectivity index (χ1v) is 9.28. The molecule has 7 heteroatoms. The lowest BCUT2D eigenvalue weighted by Gasteiger charge is -2.28. The van der Waals surface area contributed by atoms with Crippen molar-refractivity contribution in [2.45, 2.75) is 19.1 Å². The zero-order valence-electron chi connectivity index (χ0n) is 15.8. The Morgan fingerprint density at radius 1 is 1.00 bits per heavy atom. The van der Waals surface area contributed by atoms with Crippen molar-refractivity contribution in [2.24, 2.45) is 0 Å². The Morgan fingerprint density at radius 2 is 1.83 bits per heavy atom. The predicted molar refractivity (Wildman–Crippen MR) is 104 cm³/mol. The number of alkyl halides is 3. The maximum atomic E-state index is 13.4. The van der Waals surface area contributed by atoms with Crippen molar-refractivity contribution >= 4 is 5.91 Å². The molecule has 0 radical (unpaired) electrons. The van der Waals surface area contributed by atoms with Crippen molar-refractivity contribution in [3.8, 4) is 11.8 Å². The minimum atomic E-state index is -4.58. The van der Waals surface area contributed by atoms with Gasteiger partial charge in [0.05, 0.1) is 17.8 Å². The lowest BCUT2D eigenvalue weighted by atomic mass is 10.0. The Bertz CT molecular complexity index is 1150. The van der Waals surface area contributed by atoms with Gasteiger partial charge in [-0.3, -0.25) is 9.78 Å². The number of hydrogen-bond acceptors (Lipinski definition) is 3. The molecule has 4 nitrogen and oxygen atoms in total. The maximum absolute atomic E-state index is 13.4. The average Bonchev–Trinajstić information content (AvgIpc) is 2.76. The largest absolute Gasteiger partial charge is 0.417 e. The molecule has 2 aromatic heterocycles. The molecule has 0 saturated carbocycles. The predicted octanol–water partition coefficient (Wildman–Crippen LogP) is 4.09. The summed E-state index contributed by atoms with van der Waals surface area (Å²) in [6.07, 6.45) is -0.751. The number of carbonyl (C=O) groups is 1. The molecule has 150 valence electrons. The third-order valence-corrected chi connectivity index (χ3v) is 4.83. The molecule has 3 aromatic rings. The van der Waals surface area contributed by atoms with Gasteiger partial charge in [-0.15, -0.1) is 0 Å². The summed E-state index contributed by atoms with van der Waals surface area (Å²) < 4.78 is 40.3. The number of halogens is 3. The number of nitrogens with zero attached hydrogens (tertiary/aromatic N) is 3. The highest BCUT2D eigenvalue weighted by atomic mass is 19.4. The van der Waals surface area contributed by atoms with Gasteiger partial charge in [-0.25, -0.2) is 4.98 Å². The zero-order valence-corrected chi connectivity index (χ0v) is 15.8. The highest BCUT2D eigenvalue weighted by Crippen LogP contribution is 2.32. The van der Waals surface area contributed by atoms with Gasteiger partial charge >= 0.3 is 6.18 Å². The Kier molecular flexibility index (Phi) is 5.23. The van der Waals surface area contributed by atoms with Crippen LogP contribution in [0.4, 0.5) is 13.2 Å². The second kappa shape index (κ2) is 7.99. The molecule has 0 aliphatic carbocycles. The molecule has 0 atom stereocenters. The third kappa shape index (κ3) is 4.18. The van der Waals surface area contributed by atoms with Gasteiger partial charge in [-0.2, -0.15) is 13.2 Å². The average molecular weight is 407 g/mol. The summed E-state index contributed by atoms with van der Waals surface area (Å²) in [5, 5.41) is 0. The number of hydrogen-bond donors (Lipinski definition) is 0. The summed E-state index contributed by atoms with van der Waals surface area (Å²) in [6.45, 7) is 0.804. The van der Waals surface area contributed by atoms with E-state index in [4.69, 9.17) is 0 Å². The Hall–Kier alpha value is -3.66. The van der Waals surface area contributed by atoms with E-state index in [9.17, 15) is 18.0 Å². The smallest absolute Gasteiger partial charge is 0.332 e. The van der Waals surface area contributed by atoms with Crippen molar-refractivity contribution in [1.82, 2.24) is 14.9 Å². The van der Waals surface area contributed by atoms with Gasteiger partial charge in [0.2, 0.25) is 0 Å². The lowest BCUT2D eigenvalue weighted by molar-refractivity contribution is -0.137. The summed E-state index contributed by atoms with van der Waals surface area (Å²) in [7, 11) is 0. The second-order valence-corrected chi connectivity index (χ2v) is 6.81. The van der Waals surface area contributed by atoms with E-state index in [1.54, 1.807) is 29.3 Å². The second-order valence-electron chi connectivity index (χ2n) is 6.81. The number of pyridine rings is 2. The van der Waals surface area contributed by atoms with Crippen LogP contribution in [-0.4, -0.2) is 27.3 Å². The fourth-order valence-electron chi connectivity index (χ4n) is 3.31. The van der Waals surface area contributed by atoms with Crippen LogP contribution in [0.25, 0.3) is 0 Å². The van der Waals surface area contributed by atoms with E-state index in [2.05, 4.69) is 21.8 Å². The normalized spacial score (nSPS) is 13.2. The molecule has 0 unspecified atom stereocenters. The lowest BCUT2D eigenvalue weighted by Crippen LogP contribution is -2.36. The maximum Gasteiger partial charge on any atom is 0.417 e. The molecular weight excluding hydrogens is 391 g/mol. The summed E-state index contributed by atoms with van der Waals surface area (Å²) in [5.74, 6) is 4.82. The van der Waals surface area contributed by atoms with Crippen LogP contribution in [-0.2, 0) is 19.1 Å². The quantitative estimate of drug-likeness (QED) is 0.571. The van der Waals surface area contributed by atoms with Crippen LogP contribution in [0, 0.1) is 11.8 Å². The van der Waals surface area contributed by atoms with Gasteiger partial charge in [0.25, 0.3) is 5.91 Å². The molecule has 4 rings (SSSR count). The molecule has 0 N–H and O–H groups in total. The number of amides is 1.